The van der Waals surface area contributed by atoms with Crippen molar-refractivity contribution >= 4 is 32.6 Å². The highest BCUT2D eigenvalue weighted by Crippen LogP contribution is 2.36. The van der Waals surface area contributed by atoms with E-state index < -0.39 is 6.10 Å². The van der Waals surface area contributed by atoms with Crippen molar-refractivity contribution in [1.82, 2.24) is 4.90 Å². The summed E-state index contributed by atoms with van der Waals surface area (Å²) < 4.78 is 6.21. The standard InChI is InChI=1S/C17H16BrNO3/c18-14-7-12-13(10-3-1-2-4-11(10)14)8-19(17(12)21)15-5-6-22-9-16(15)20/h1-4,7,15-16,20H,5-6,8-9H2/t15-,16-/m0/s1. The number of rotatable bonds is 1. The van der Waals surface area contributed by atoms with E-state index in [0.717, 1.165) is 26.4 Å². The van der Waals surface area contributed by atoms with Crippen molar-refractivity contribution in [3.05, 3.63) is 45.9 Å². The number of carbonyl (C=O) groups is 1. The third-order valence-corrected chi connectivity index (χ3v) is 5.27. The Morgan fingerprint density at radius 2 is 2.05 bits per heavy atom. The van der Waals surface area contributed by atoms with Gasteiger partial charge in [0.25, 0.3) is 5.91 Å². The molecule has 0 radical (unpaired) electrons. The molecule has 1 N–H and O–H groups in total. The zero-order chi connectivity index (χ0) is 15.3. The topological polar surface area (TPSA) is 49.8 Å². The van der Waals surface area contributed by atoms with Crippen LogP contribution in [0.4, 0.5) is 0 Å². The molecule has 1 amide bonds. The number of hydrogen-bond donors (Lipinski definition) is 1. The molecule has 0 saturated carbocycles. The molecule has 5 heteroatoms. The molecule has 0 unspecified atom stereocenters. The molecular weight excluding hydrogens is 346 g/mol. The van der Waals surface area contributed by atoms with Crippen LogP contribution in [-0.2, 0) is 11.3 Å². The molecule has 2 aromatic rings. The molecule has 2 aliphatic rings. The third kappa shape index (κ3) is 2.07. The number of hydrogen-bond acceptors (Lipinski definition) is 3. The molecule has 1 fully saturated rings. The van der Waals surface area contributed by atoms with Crippen LogP contribution in [0, 0.1) is 0 Å². The summed E-state index contributed by atoms with van der Waals surface area (Å²) in [6, 6.07) is 9.84. The summed E-state index contributed by atoms with van der Waals surface area (Å²) in [5.74, 6) is 0.00685. The summed E-state index contributed by atoms with van der Waals surface area (Å²) in [7, 11) is 0. The van der Waals surface area contributed by atoms with Crippen LogP contribution in [0.5, 0.6) is 0 Å². The van der Waals surface area contributed by atoms with Gasteiger partial charge in [-0.25, -0.2) is 0 Å². The highest BCUT2D eigenvalue weighted by atomic mass is 79.9. The Bertz CT molecular complexity index is 761. The zero-order valence-corrected chi connectivity index (χ0v) is 13.5. The van der Waals surface area contributed by atoms with Crippen LogP contribution in [0.2, 0.25) is 0 Å². The number of halogens is 1. The van der Waals surface area contributed by atoms with Gasteiger partial charge in [-0.3, -0.25) is 4.79 Å². The second-order valence-corrected chi connectivity index (χ2v) is 6.72. The monoisotopic (exact) mass is 361 g/mol. The van der Waals surface area contributed by atoms with Gasteiger partial charge in [-0.1, -0.05) is 40.2 Å². The lowest BCUT2D eigenvalue weighted by atomic mass is 10.0. The number of carbonyl (C=O) groups excluding carboxylic acids is 1. The van der Waals surface area contributed by atoms with Gasteiger partial charge in [0.15, 0.2) is 0 Å². The fourth-order valence-corrected chi connectivity index (χ4v) is 4.07. The molecule has 2 aliphatic heterocycles. The second-order valence-electron chi connectivity index (χ2n) is 5.86. The van der Waals surface area contributed by atoms with Crippen LogP contribution in [0.25, 0.3) is 10.8 Å². The number of benzene rings is 2. The molecule has 2 aromatic carbocycles. The lowest BCUT2D eigenvalue weighted by Gasteiger charge is -2.34. The first-order chi connectivity index (χ1) is 10.7. The average Bonchev–Trinajstić information content (AvgIpc) is 2.86. The number of aliphatic hydroxyl groups is 1. The molecular formula is C17H16BrNO3. The number of nitrogens with zero attached hydrogens (tertiary/aromatic N) is 1. The van der Waals surface area contributed by atoms with E-state index >= 15 is 0 Å². The van der Waals surface area contributed by atoms with Gasteiger partial charge in [0, 0.05) is 23.2 Å². The van der Waals surface area contributed by atoms with Crippen LogP contribution in [0.1, 0.15) is 22.3 Å². The molecule has 0 aromatic heterocycles. The minimum absolute atomic E-state index is 0.00685. The predicted molar refractivity (Wildman–Crippen MR) is 86.8 cm³/mol. The summed E-state index contributed by atoms with van der Waals surface area (Å²) in [4.78, 5) is 14.6. The van der Waals surface area contributed by atoms with E-state index in [1.54, 1.807) is 4.90 Å². The predicted octanol–water partition coefficient (Wildman–Crippen LogP) is 2.71. The van der Waals surface area contributed by atoms with Crippen molar-refractivity contribution < 1.29 is 14.6 Å². The fraction of sp³-hybridized carbons (Fsp3) is 0.353. The number of amides is 1. The summed E-state index contributed by atoms with van der Waals surface area (Å²) in [5.41, 5.74) is 1.80. The van der Waals surface area contributed by atoms with Crippen molar-refractivity contribution in [2.75, 3.05) is 13.2 Å². The van der Waals surface area contributed by atoms with Crippen molar-refractivity contribution in [2.24, 2.45) is 0 Å². The van der Waals surface area contributed by atoms with Crippen LogP contribution >= 0.6 is 15.9 Å². The molecule has 2 heterocycles. The Labute approximate surface area is 136 Å². The number of aliphatic hydroxyl groups excluding tert-OH is 1. The summed E-state index contributed by atoms with van der Waals surface area (Å²) >= 11 is 3.57. The maximum Gasteiger partial charge on any atom is 0.254 e. The number of fused-ring (bicyclic) bond motifs is 3. The van der Waals surface area contributed by atoms with Gasteiger partial charge in [-0.2, -0.15) is 0 Å². The maximum atomic E-state index is 12.8. The van der Waals surface area contributed by atoms with Gasteiger partial charge >= 0.3 is 0 Å². The molecule has 4 rings (SSSR count). The van der Waals surface area contributed by atoms with Gasteiger partial charge in [-0.15, -0.1) is 0 Å². The Hall–Kier alpha value is -1.43. The molecule has 4 nitrogen and oxygen atoms in total. The third-order valence-electron chi connectivity index (χ3n) is 4.62. The van der Waals surface area contributed by atoms with Crippen molar-refractivity contribution in [2.45, 2.75) is 25.1 Å². The van der Waals surface area contributed by atoms with E-state index in [1.807, 2.05) is 18.2 Å². The zero-order valence-electron chi connectivity index (χ0n) is 12.0. The van der Waals surface area contributed by atoms with E-state index in [2.05, 4.69) is 28.1 Å². The van der Waals surface area contributed by atoms with Crippen molar-refractivity contribution in [3.8, 4) is 0 Å². The largest absolute Gasteiger partial charge is 0.389 e. The second kappa shape index (κ2) is 5.33. The molecule has 114 valence electrons. The Balaban J connectivity index is 1.79. The van der Waals surface area contributed by atoms with Gasteiger partial charge < -0.3 is 14.7 Å². The molecule has 2 atom stereocenters. The van der Waals surface area contributed by atoms with Crippen LogP contribution in [0.15, 0.2) is 34.8 Å². The smallest absolute Gasteiger partial charge is 0.254 e. The lowest BCUT2D eigenvalue weighted by Crippen LogP contribution is -2.49. The highest BCUT2D eigenvalue weighted by molar-refractivity contribution is 9.10. The maximum absolute atomic E-state index is 12.8. The van der Waals surface area contributed by atoms with Crippen LogP contribution in [-0.4, -0.2) is 41.3 Å². The van der Waals surface area contributed by atoms with Crippen LogP contribution < -0.4 is 0 Å². The van der Waals surface area contributed by atoms with Gasteiger partial charge in [0.2, 0.25) is 0 Å². The van der Waals surface area contributed by atoms with Gasteiger partial charge in [0.1, 0.15) is 0 Å². The highest BCUT2D eigenvalue weighted by Gasteiger charge is 2.38. The van der Waals surface area contributed by atoms with E-state index in [1.165, 1.54) is 0 Å². The summed E-state index contributed by atoms with van der Waals surface area (Å²) in [6.07, 6.45) is 0.0710. The number of ether oxygens (including phenoxy) is 1. The van der Waals surface area contributed by atoms with Crippen LogP contribution in [0.3, 0.4) is 0 Å². The minimum Gasteiger partial charge on any atom is -0.389 e. The average molecular weight is 362 g/mol. The van der Waals surface area contributed by atoms with E-state index in [9.17, 15) is 9.90 Å². The molecule has 0 aliphatic carbocycles. The molecule has 0 spiro atoms. The SMILES string of the molecule is O=C1c2cc(Br)c3ccccc3c2CN1[C@H]1CCOC[C@@H]1O. The Kier molecular flexibility index (Phi) is 3.44. The first kappa shape index (κ1) is 14.2. The van der Waals surface area contributed by atoms with Crippen molar-refractivity contribution in [1.29, 1.82) is 0 Å². The van der Waals surface area contributed by atoms with E-state index in [4.69, 9.17) is 4.74 Å². The van der Waals surface area contributed by atoms with Crippen molar-refractivity contribution in [3.63, 3.8) is 0 Å². The Morgan fingerprint density at radius 1 is 1.27 bits per heavy atom. The molecule has 1 saturated heterocycles. The normalized spacial score (nSPS) is 24.8. The molecule has 0 bridgehead atoms. The minimum atomic E-state index is -0.610. The van der Waals surface area contributed by atoms with E-state index in [-0.39, 0.29) is 11.9 Å². The van der Waals surface area contributed by atoms with E-state index in [0.29, 0.717) is 26.2 Å². The first-order valence-electron chi connectivity index (χ1n) is 7.43. The molecule has 22 heavy (non-hydrogen) atoms. The van der Waals surface area contributed by atoms with Gasteiger partial charge in [-0.05, 0) is 28.8 Å². The quantitative estimate of drug-likeness (QED) is 0.849. The summed E-state index contributed by atoms with van der Waals surface area (Å²) in [5, 5.41) is 12.4. The first-order valence-corrected chi connectivity index (χ1v) is 8.23. The van der Waals surface area contributed by atoms with Gasteiger partial charge in [0.05, 0.1) is 18.8 Å². The fourth-order valence-electron chi connectivity index (χ4n) is 3.49. The lowest BCUT2D eigenvalue weighted by molar-refractivity contribution is -0.0571. The summed E-state index contributed by atoms with van der Waals surface area (Å²) in [6.45, 7) is 1.45. The Morgan fingerprint density at radius 3 is 2.82 bits per heavy atom.